The Bertz CT molecular complexity index is 748. The number of aromatic nitrogens is 3. The number of anilines is 1. The molecule has 0 aromatic carbocycles. The Hall–Kier alpha value is -2.82. The summed E-state index contributed by atoms with van der Waals surface area (Å²) in [6.45, 7) is 6.33. The molecule has 0 spiro atoms. The van der Waals surface area contributed by atoms with Crippen LogP contribution >= 0.6 is 0 Å². The number of oxazole rings is 1. The number of carbonyl (C=O) groups is 1. The molecule has 0 unspecified atom stereocenters. The van der Waals surface area contributed by atoms with Crippen LogP contribution in [-0.2, 0) is 11.3 Å². The van der Waals surface area contributed by atoms with Gasteiger partial charge in [-0.3, -0.25) is 4.79 Å². The topological polar surface area (TPSA) is 91.2 Å². The van der Waals surface area contributed by atoms with Gasteiger partial charge < -0.3 is 18.8 Å². The highest BCUT2D eigenvalue weighted by Gasteiger charge is 2.25. The third-order valence-electron chi connectivity index (χ3n) is 3.97. The molecule has 0 aliphatic carbocycles. The third-order valence-corrected chi connectivity index (χ3v) is 3.97. The molecule has 0 bridgehead atoms. The zero-order valence-corrected chi connectivity index (χ0v) is 13.2. The van der Waals surface area contributed by atoms with Gasteiger partial charge in [-0.1, -0.05) is 0 Å². The second-order valence-electron chi connectivity index (χ2n) is 5.47. The lowest BCUT2D eigenvalue weighted by molar-refractivity contribution is -0.132. The molecule has 8 heteroatoms. The summed E-state index contributed by atoms with van der Waals surface area (Å²) in [7, 11) is 0. The van der Waals surface area contributed by atoms with Gasteiger partial charge in [0, 0.05) is 45.5 Å². The smallest absolute Gasteiger partial charge is 0.242 e. The number of imidazole rings is 1. The maximum Gasteiger partial charge on any atom is 0.242 e. The summed E-state index contributed by atoms with van der Waals surface area (Å²) in [4.78, 5) is 24.3. The molecule has 1 amide bonds. The minimum absolute atomic E-state index is 0.0695. The molecular formula is C15H18N6O2. The third kappa shape index (κ3) is 3.04. The van der Waals surface area contributed by atoms with Crippen molar-refractivity contribution in [2.45, 2.75) is 20.4 Å². The van der Waals surface area contributed by atoms with Crippen LogP contribution in [0.3, 0.4) is 0 Å². The molecule has 0 saturated carbocycles. The van der Waals surface area contributed by atoms with E-state index in [1.54, 1.807) is 19.3 Å². The fourth-order valence-electron chi connectivity index (χ4n) is 2.68. The molecule has 0 radical (unpaired) electrons. The van der Waals surface area contributed by atoms with Gasteiger partial charge in [-0.25, -0.2) is 9.97 Å². The van der Waals surface area contributed by atoms with Crippen LogP contribution in [0.25, 0.3) is 0 Å². The molecule has 1 fully saturated rings. The highest BCUT2D eigenvalue weighted by atomic mass is 16.4. The van der Waals surface area contributed by atoms with Crippen molar-refractivity contribution >= 4 is 11.8 Å². The highest BCUT2D eigenvalue weighted by Crippen LogP contribution is 2.22. The largest absolute Gasteiger partial charge is 0.424 e. The summed E-state index contributed by atoms with van der Waals surface area (Å²) in [6.07, 6.45) is 3.50. The Morgan fingerprint density at radius 1 is 1.35 bits per heavy atom. The van der Waals surface area contributed by atoms with Crippen molar-refractivity contribution in [3.63, 3.8) is 0 Å². The monoisotopic (exact) mass is 314 g/mol. The summed E-state index contributed by atoms with van der Waals surface area (Å²) >= 11 is 0. The number of nitriles is 1. The van der Waals surface area contributed by atoms with Crippen LogP contribution in [0.1, 0.15) is 17.4 Å². The van der Waals surface area contributed by atoms with Crippen molar-refractivity contribution in [1.82, 2.24) is 19.4 Å². The van der Waals surface area contributed by atoms with Crippen LogP contribution in [-0.4, -0.2) is 51.5 Å². The van der Waals surface area contributed by atoms with E-state index in [-0.39, 0.29) is 5.91 Å². The predicted molar refractivity (Wildman–Crippen MR) is 81.7 cm³/mol. The molecule has 0 atom stereocenters. The van der Waals surface area contributed by atoms with Gasteiger partial charge in [-0.05, 0) is 6.92 Å². The van der Waals surface area contributed by atoms with E-state index in [1.807, 2.05) is 27.4 Å². The first-order chi connectivity index (χ1) is 11.1. The molecule has 120 valence electrons. The lowest BCUT2D eigenvalue weighted by Crippen LogP contribution is -2.49. The first kappa shape index (κ1) is 15.1. The predicted octanol–water partition coefficient (Wildman–Crippen LogP) is 0.708. The molecule has 1 aliphatic heterocycles. The van der Waals surface area contributed by atoms with Crippen LogP contribution in [0.5, 0.6) is 0 Å². The van der Waals surface area contributed by atoms with Crippen LogP contribution < -0.4 is 4.90 Å². The first-order valence-corrected chi connectivity index (χ1v) is 7.46. The van der Waals surface area contributed by atoms with Crippen molar-refractivity contribution in [2.24, 2.45) is 0 Å². The second-order valence-corrected chi connectivity index (χ2v) is 5.47. The Labute approximate surface area is 133 Å². The Morgan fingerprint density at radius 3 is 2.70 bits per heavy atom. The van der Waals surface area contributed by atoms with Gasteiger partial charge in [0.25, 0.3) is 0 Å². The fourth-order valence-corrected chi connectivity index (χ4v) is 2.68. The van der Waals surface area contributed by atoms with Crippen molar-refractivity contribution < 1.29 is 9.21 Å². The van der Waals surface area contributed by atoms with Crippen molar-refractivity contribution in [1.29, 1.82) is 5.26 Å². The van der Waals surface area contributed by atoms with E-state index in [9.17, 15) is 4.79 Å². The number of carbonyl (C=O) groups excluding carboxylic acids is 1. The molecule has 2 aromatic rings. The highest BCUT2D eigenvalue weighted by molar-refractivity contribution is 5.76. The van der Waals surface area contributed by atoms with Gasteiger partial charge in [0.05, 0.1) is 0 Å². The van der Waals surface area contributed by atoms with E-state index in [1.165, 1.54) is 0 Å². The lowest BCUT2D eigenvalue weighted by Gasteiger charge is -2.34. The van der Waals surface area contributed by atoms with Gasteiger partial charge in [-0.15, -0.1) is 0 Å². The van der Waals surface area contributed by atoms with Crippen molar-refractivity contribution in [3.8, 4) is 6.07 Å². The van der Waals surface area contributed by atoms with Gasteiger partial charge in [0.2, 0.25) is 17.5 Å². The van der Waals surface area contributed by atoms with Crippen molar-refractivity contribution in [3.05, 3.63) is 29.8 Å². The number of nitrogens with zero attached hydrogens (tertiary/aromatic N) is 6. The zero-order chi connectivity index (χ0) is 16.4. The fraction of sp³-hybridized carbons (Fsp3) is 0.467. The first-order valence-electron chi connectivity index (χ1n) is 7.46. The number of hydrogen-bond donors (Lipinski definition) is 0. The molecular weight excluding hydrogens is 296 g/mol. The maximum absolute atomic E-state index is 12.4. The van der Waals surface area contributed by atoms with Crippen LogP contribution in [0.15, 0.2) is 16.8 Å². The van der Waals surface area contributed by atoms with Crippen LogP contribution in [0.2, 0.25) is 0 Å². The Morgan fingerprint density at radius 2 is 2.09 bits per heavy atom. The Kier molecular flexibility index (Phi) is 4.02. The average Bonchev–Trinajstić information content (AvgIpc) is 3.13. The molecule has 8 nitrogen and oxygen atoms in total. The summed E-state index contributed by atoms with van der Waals surface area (Å²) in [5.74, 6) is 1.88. The maximum atomic E-state index is 12.4. The van der Waals surface area contributed by atoms with Gasteiger partial charge in [0.15, 0.2) is 5.89 Å². The van der Waals surface area contributed by atoms with Crippen LogP contribution in [0, 0.1) is 25.2 Å². The number of amides is 1. The number of aryl methyl sites for hydroxylation is 2. The minimum atomic E-state index is 0.0695. The van der Waals surface area contributed by atoms with Crippen molar-refractivity contribution in [2.75, 3.05) is 31.1 Å². The molecule has 2 aromatic heterocycles. The zero-order valence-electron chi connectivity index (χ0n) is 13.2. The van der Waals surface area contributed by atoms with E-state index in [4.69, 9.17) is 9.68 Å². The molecule has 1 saturated heterocycles. The van der Waals surface area contributed by atoms with E-state index in [0.29, 0.717) is 50.2 Å². The molecule has 3 rings (SSSR count). The van der Waals surface area contributed by atoms with Gasteiger partial charge in [-0.2, -0.15) is 5.26 Å². The normalized spacial score (nSPS) is 14.8. The second kappa shape index (κ2) is 6.12. The summed E-state index contributed by atoms with van der Waals surface area (Å²) in [6, 6.07) is 2.05. The molecule has 1 aliphatic rings. The average molecular weight is 314 g/mol. The van der Waals surface area contributed by atoms with Gasteiger partial charge >= 0.3 is 0 Å². The van der Waals surface area contributed by atoms with Gasteiger partial charge in [0.1, 0.15) is 18.4 Å². The van der Waals surface area contributed by atoms with Crippen LogP contribution in [0.4, 0.5) is 5.88 Å². The molecule has 0 N–H and O–H groups in total. The molecule has 23 heavy (non-hydrogen) atoms. The number of hydrogen-bond acceptors (Lipinski definition) is 6. The van der Waals surface area contributed by atoms with E-state index in [0.717, 1.165) is 5.82 Å². The quantitative estimate of drug-likeness (QED) is 0.828. The lowest BCUT2D eigenvalue weighted by atomic mass is 10.3. The Balaban J connectivity index is 1.61. The summed E-state index contributed by atoms with van der Waals surface area (Å²) in [5, 5.41) is 9.10. The summed E-state index contributed by atoms with van der Waals surface area (Å²) in [5.41, 5.74) is 0.302. The summed E-state index contributed by atoms with van der Waals surface area (Å²) < 4.78 is 7.35. The van der Waals surface area contributed by atoms with E-state index < -0.39 is 0 Å². The van der Waals surface area contributed by atoms with E-state index in [2.05, 4.69) is 9.97 Å². The standard InChI is InChI=1S/C15H18N6O2/c1-11-17-3-4-21(11)10-14(22)19-5-7-20(8-6-19)15-13(9-16)18-12(2)23-15/h3-4H,5-8,10H2,1-2H3. The van der Waals surface area contributed by atoms with E-state index >= 15 is 0 Å². The number of rotatable bonds is 3. The molecule has 3 heterocycles. The SMILES string of the molecule is Cc1nc(C#N)c(N2CCN(C(=O)Cn3ccnc3C)CC2)o1. The number of piperazine rings is 1. The minimum Gasteiger partial charge on any atom is -0.424 e.